The van der Waals surface area contributed by atoms with Gasteiger partial charge in [0.15, 0.2) is 0 Å². The molecule has 0 unspecified atom stereocenters. The Morgan fingerprint density at radius 2 is 2.13 bits per heavy atom. The number of nitrogens with two attached hydrogens (primary N) is 1. The number of nitrogens with zero attached hydrogens (tertiary/aromatic N) is 2. The van der Waals surface area contributed by atoms with Crippen LogP contribution in [0.5, 0.6) is 0 Å². The van der Waals surface area contributed by atoms with Crippen LogP contribution in [-0.4, -0.2) is 48.1 Å². The van der Waals surface area contributed by atoms with Gasteiger partial charge in [0.1, 0.15) is 16.3 Å². The zero-order valence-electron chi connectivity index (χ0n) is 12.1. The molecule has 9 nitrogen and oxygen atoms in total. The van der Waals surface area contributed by atoms with E-state index >= 15 is 0 Å². The molecule has 1 saturated heterocycles. The second-order valence-corrected chi connectivity index (χ2v) is 5.77. The van der Waals surface area contributed by atoms with Gasteiger partial charge in [0, 0.05) is 13.1 Å². The molecule has 3 rings (SSSR count). The highest BCUT2D eigenvalue weighted by atomic mass is 32.1. The number of aromatic nitrogens is 1. The molecular weight excluding hydrogens is 322 g/mol. The lowest BCUT2D eigenvalue weighted by atomic mass is 10.3. The van der Waals surface area contributed by atoms with Crippen LogP contribution in [0.2, 0.25) is 0 Å². The number of nitrogens with one attached hydrogen (secondary N) is 2. The highest BCUT2D eigenvalue weighted by molar-refractivity contribution is 7.20. The zero-order valence-corrected chi connectivity index (χ0v) is 12.9. The molecule has 0 bridgehead atoms. The highest BCUT2D eigenvalue weighted by Gasteiger charge is 2.20. The van der Waals surface area contributed by atoms with Crippen LogP contribution >= 0.6 is 11.3 Å². The Labute approximate surface area is 135 Å². The van der Waals surface area contributed by atoms with E-state index in [4.69, 9.17) is 14.9 Å². The summed E-state index contributed by atoms with van der Waals surface area (Å²) in [6.07, 6.45) is 2.66. The maximum atomic E-state index is 12.0. The summed E-state index contributed by atoms with van der Waals surface area (Å²) in [6.45, 7) is 2.72. The third-order valence-electron chi connectivity index (χ3n) is 3.13. The lowest BCUT2D eigenvalue weighted by Gasteiger charge is -2.27. The minimum atomic E-state index is -0.626. The molecular formula is C13H15N5O4S. The van der Waals surface area contributed by atoms with E-state index in [1.54, 1.807) is 6.07 Å². The number of hydrogen-bond acceptors (Lipinski definition) is 8. The van der Waals surface area contributed by atoms with Crippen molar-refractivity contribution in [2.24, 2.45) is 5.73 Å². The van der Waals surface area contributed by atoms with Gasteiger partial charge in [0.05, 0.1) is 25.0 Å². The van der Waals surface area contributed by atoms with E-state index < -0.39 is 11.8 Å². The molecule has 0 radical (unpaired) electrons. The van der Waals surface area contributed by atoms with Gasteiger partial charge in [-0.3, -0.25) is 9.59 Å². The number of carbonyl (C=O) groups excluding carboxylic acids is 2. The molecule has 0 aromatic carbocycles. The van der Waals surface area contributed by atoms with Crippen molar-refractivity contribution in [3.63, 3.8) is 0 Å². The number of amides is 2. The highest BCUT2D eigenvalue weighted by Crippen LogP contribution is 2.32. The van der Waals surface area contributed by atoms with E-state index in [0.29, 0.717) is 23.2 Å². The summed E-state index contributed by atoms with van der Waals surface area (Å²) < 4.78 is 10.2. The fourth-order valence-electron chi connectivity index (χ4n) is 2.05. The number of anilines is 2. The summed E-state index contributed by atoms with van der Waals surface area (Å²) in [6, 6.07) is 1.60. The quantitative estimate of drug-likeness (QED) is 0.735. The lowest BCUT2D eigenvalue weighted by Crippen LogP contribution is -2.39. The summed E-state index contributed by atoms with van der Waals surface area (Å²) in [5.41, 5.74) is 8.78. The molecule has 0 atom stereocenters. The van der Waals surface area contributed by atoms with E-state index in [0.717, 1.165) is 13.1 Å². The minimum absolute atomic E-state index is 0.0866. The molecule has 0 aliphatic carbocycles. The number of rotatable bonds is 5. The maximum absolute atomic E-state index is 12.0. The summed E-state index contributed by atoms with van der Waals surface area (Å²) in [5.74, 6) is -1.26. The Hall–Kier alpha value is -2.43. The van der Waals surface area contributed by atoms with Gasteiger partial charge in [-0.25, -0.2) is 9.99 Å². The third kappa shape index (κ3) is 3.67. The van der Waals surface area contributed by atoms with Crippen molar-refractivity contribution < 1.29 is 18.7 Å². The Morgan fingerprint density at radius 3 is 2.78 bits per heavy atom. The molecule has 4 N–H and O–H groups in total. The summed E-state index contributed by atoms with van der Waals surface area (Å²) in [5, 5.41) is 5.60. The third-order valence-corrected chi connectivity index (χ3v) is 4.09. The largest absolute Gasteiger partial charge is 0.441 e. The van der Waals surface area contributed by atoms with E-state index in [-0.39, 0.29) is 11.5 Å². The fourth-order valence-corrected chi connectivity index (χ4v) is 3.03. The van der Waals surface area contributed by atoms with Crippen LogP contribution in [0.1, 0.15) is 21.0 Å². The molecule has 1 fully saturated rings. The smallest absolute Gasteiger partial charge is 0.312 e. The SMILES string of the molecule is NC(=O)c1cc(NN2CCOCC2)sc1NC(=O)c1ncco1. The van der Waals surface area contributed by atoms with Crippen LogP contribution in [0.25, 0.3) is 0 Å². The predicted octanol–water partition coefficient (Wildman–Crippen LogP) is 0.746. The number of ether oxygens (including phenoxy) is 1. The molecule has 1 aliphatic rings. The second kappa shape index (κ2) is 6.77. The molecule has 2 aromatic rings. The van der Waals surface area contributed by atoms with Gasteiger partial charge >= 0.3 is 5.91 Å². The van der Waals surface area contributed by atoms with Crippen molar-refractivity contribution in [3.8, 4) is 0 Å². The van der Waals surface area contributed by atoms with Gasteiger partial charge in [-0.15, -0.1) is 0 Å². The first-order valence-corrected chi connectivity index (χ1v) is 7.69. The maximum Gasteiger partial charge on any atom is 0.312 e. The van der Waals surface area contributed by atoms with Crippen molar-refractivity contribution in [1.82, 2.24) is 9.99 Å². The summed E-state index contributed by atoms with van der Waals surface area (Å²) >= 11 is 1.21. The monoisotopic (exact) mass is 337 g/mol. The summed E-state index contributed by atoms with van der Waals surface area (Å²) in [4.78, 5) is 27.3. The van der Waals surface area contributed by atoms with Gasteiger partial charge < -0.3 is 25.6 Å². The predicted molar refractivity (Wildman–Crippen MR) is 83.3 cm³/mol. The number of hydrogen-bond donors (Lipinski definition) is 3. The van der Waals surface area contributed by atoms with Crippen molar-refractivity contribution in [3.05, 3.63) is 30.0 Å². The van der Waals surface area contributed by atoms with Crippen LogP contribution in [0.15, 0.2) is 22.9 Å². The molecule has 23 heavy (non-hydrogen) atoms. The van der Waals surface area contributed by atoms with Crippen LogP contribution in [0.4, 0.5) is 10.0 Å². The number of morpholine rings is 1. The normalized spacial score (nSPS) is 15.3. The van der Waals surface area contributed by atoms with Crippen molar-refractivity contribution in [2.45, 2.75) is 0 Å². The van der Waals surface area contributed by atoms with E-state index in [2.05, 4.69) is 15.7 Å². The second-order valence-electron chi connectivity index (χ2n) is 4.72. The molecule has 122 valence electrons. The van der Waals surface area contributed by atoms with E-state index in [1.807, 2.05) is 5.01 Å². The van der Waals surface area contributed by atoms with E-state index in [1.165, 1.54) is 23.8 Å². The van der Waals surface area contributed by atoms with Gasteiger partial charge in [0.2, 0.25) is 0 Å². The number of thiophene rings is 1. The van der Waals surface area contributed by atoms with Crippen molar-refractivity contribution in [1.29, 1.82) is 0 Å². The average Bonchev–Trinajstić information content (AvgIpc) is 3.18. The Bertz CT molecular complexity index is 693. The molecule has 3 heterocycles. The molecule has 1 aliphatic heterocycles. The topological polar surface area (TPSA) is 123 Å². The summed E-state index contributed by atoms with van der Waals surface area (Å²) in [7, 11) is 0. The first kappa shape index (κ1) is 15.5. The van der Waals surface area contributed by atoms with Crippen LogP contribution < -0.4 is 16.5 Å². The van der Waals surface area contributed by atoms with Crippen molar-refractivity contribution in [2.75, 3.05) is 37.0 Å². The Morgan fingerprint density at radius 1 is 1.35 bits per heavy atom. The number of oxazole rings is 1. The Kier molecular flexibility index (Phi) is 4.55. The van der Waals surface area contributed by atoms with Gasteiger partial charge in [-0.2, -0.15) is 0 Å². The molecule has 10 heteroatoms. The minimum Gasteiger partial charge on any atom is -0.441 e. The van der Waals surface area contributed by atoms with Crippen molar-refractivity contribution >= 4 is 33.2 Å². The first-order valence-electron chi connectivity index (χ1n) is 6.87. The van der Waals surface area contributed by atoms with E-state index in [9.17, 15) is 9.59 Å². The average molecular weight is 337 g/mol. The van der Waals surface area contributed by atoms with Crippen LogP contribution in [0, 0.1) is 0 Å². The van der Waals surface area contributed by atoms with Gasteiger partial charge in [-0.05, 0) is 6.07 Å². The Balaban J connectivity index is 1.75. The standard InChI is InChI=1S/C13H15N5O4S/c14-10(19)8-7-9(17-18-2-5-21-6-3-18)23-13(8)16-11(20)12-15-1-4-22-12/h1,4,7,17H,2-3,5-6H2,(H2,14,19)(H,16,20). The zero-order chi connectivity index (χ0) is 16.2. The lowest BCUT2D eigenvalue weighted by molar-refractivity contribution is 0.0498. The number of carbonyl (C=O) groups is 2. The molecule has 2 amide bonds. The molecule has 0 spiro atoms. The van der Waals surface area contributed by atoms with Gasteiger partial charge in [0.25, 0.3) is 11.8 Å². The van der Waals surface area contributed by atoms with Gasteiger partial charge in [-0.1, -0.05) is 11.3 Å². The first-order chi connectivity index (χ1) is 11.1. The molecule has 2 aromatic heterocycles. The fraction of sp³-hybridized carbons (Fsp3) is 0.308. The van der Waals surface area contributed by atoms with Crippen LogP contribution in [0.3, 0.4) is 0 Å². The van der Waals surface area contributed by atoms with Crippen LogP contribution in [-0.2, 0) is 4.74 Å². The molecule has 0 saturated carbocycles. The number of primary amides is 1. The number of hydrazine groups is 1.